The van der Waals surface area contributed by atoms with Gasteiger partial charge in [0.2, 0.25) is 0 Å². The molecule has 2 aliphatic rings. The monoisotopic (exact) mass is 222 g/mol. The lowest BCUT2D eigenvalue weighted by molar-refractivity contribution is -0.132. The number of carboxylic acid groups (broad SMARTS) is 1. The number of allylic oxidation sites excluding steroid dienone is 1. The maximum absolute atomic E-state index is 10.9. The van der Waals surface area contributed by atoms with Crippen LogP contribution in [0.4, 0.5) is 0 Å². The zero-order valence-electron chi connectivity index (χ0n) is 10.5. The van der Waals surface area contributed by atoms with E-state index in [1.807, 2.05) is 6.08 Å². The Morgan fingerprint density at radius 3 is 2.44 bits per heavy atom. The molecule has 90 valence electrons. The number of carbonyl (C=O) groups is 1. The summed E-state index contributed by atoms with van der Waals surface area (Å²) in [5, 5.41) is 8.95. The normalized spacial score (nSPS) is 34.4. The van der Waals surface area contributed by atoms with Gasteiger partial charge in [-0.05, 0) is 49.4 Å². The summed E-state index contributed by atoms with van der Waals surface area (Å²) in [4.78, 5) is 10.9. The van der Waals surface area contributed by atoms with E-state index in [1.54, 1.807) is 6.92 Å². The quantitative estimate of drug-likeness (QED) is 0.742. The molecule has 2 saturated carbocycles. The topological polar surface area (TPSA) is 37.3 Å². The Morgan fingerprint density at radius 1 is 1.31 bits per heavy atom. The second-order valence-electron chi connectivity index (χ2n) is 6.24. The molecule has 0 heterocycles. The van der Waals surface area contributed by atoms with Crippen molar-refractivity contribution in [2.75, 3.05) is 0 Å². The van der Waals surface area contributed by atoms with Gasteiger partial charge in [0.05, 0.1) is 0 Å². The SMILES string of the molecule is CC(=CC(C)(C)C1CC2CCC1C2)C(=O)O. The molecule has 0 aromatic carbocycles. The Morgan fingerprint density at radius 2 is 2.00 bits per heavy atom. The van der Waals surface area contributed by atoms with E-state index in [9.17, 15) is 4.79 Å². The summed E-state index contributed by atoms with van der Waals surface area (Å²) < 4.78 is 0. The average molecular weight is 222 g/mol. The van der Waals surface area contributed by atoms with Crippen LogP contribution in [0.1, 0.15) is 46.5 Å². The molecule has 2 bridgehead atoms. The standard InChI is InChI=1S/C14H22O2/c1-9(13(15)16)8-14(2,3)12-7-10-4-5-11(12)6-10/h8,10-12H,4-7H2,1-3H3,(H,15,16). The van der Waals surface area contributed by atoms with Crippen molar-refractivity contribution in [2.24, 2.45) is 23.2 Å². The van der Waals surface area contributed by atoms with Crippen LogP contribution in [0.15, 0.2) is 11.6 Å². The van der Waals surface area contributed by atoms with E-state index in [2.05, 4.69) is 13.8 Å². The molecule has 0 saturated heterocycles. The van der Waals surface area contributed by atoms with Gasteiger partial charge in [0.1, 0.15) is 0 Å². The first-order valence-corrected chi connectivity index (χ1v) is 6.33. The summed E-state index contributed by atoms with van der Waals surface area (Å²) in [5.74, 6) is 1.68. The number of carboxylic acids is 1. The molecule has 2 nitrogen and oxygen atoms in total. The van der Waals surface area contributed by atoms with Crippen molar-refractivity contribution >= 4 is 5.97 Å². The van der Waals surface area contributed by atoms with Crippen molar-refractivity contribution < 1.29 is 9.90 Å². The van der Waals surface area contributed by atoms with Gasteiger partial charge >= 0.3 is 5.97 Å². The molecular weight excluding hydrogens is 200 g/mol. The molecule has 0 aromatic rings. The third-order valence-electron chi connectivity index (χ3n) is 4.62. The van der Waals surface area contributed by atoms with Gasteiger partial charge in [-0.15, -0.1) is 0 Å². The summed E-state index contributed by atoms with van der Waals surface area (Å²) >= 11 is 0. The second kappa shape index (κ2) is 3.90. The Bertz CT molecular complexity index is 328. The number of rotatable bonds is 3. The largest absolute Gasteiger partial charge is 0.478 e. The molecule has 16 heavy (non-hydrogen) atoms. The minimum atomic E-state index is -0.781. The lowest BCUT2D eigenvalue weighted by atomic mass is 9.70. The predicted molar refractivity (Wildman–Crippen MR) is 64.1 cm³/mol. The minimum Gasteiger partial charge on any atom is -0.478 e. The van der Waals surface area contributed by atoms with Crippen LogP contribution >= 0.6 is 0 Å². The molecule has 0 spiro atoms. The first kappa shape index (κ1) is 11.7. The van der Waals surface area contributed by atoms with Crippen LogP contribution in [-0.4, -0.2) is 11.1 Å². The van der Waals surface area contributed by atoms with E-state index in [0.717, 1.165) is 11.8 Å². The molecule has 2 aliphatic carbocycles. The number of hydrogen-bond acceptors (Lipinski definition) is 1. The van der Waals surface area contributed by atoms with Crippen LogP contribution in [0.3, 0.4) is 0 Å². The maximum Gasteiger partial charge on any atom is 0.330 e. The van der Waals surface area contributed by atoms with Gasteiger partial charge < -0.3 is 5.11 Å². The third-order valence-corrected chi connectivity index (χ3v) is 4.62. The highest BCUT2D eigenvalue weighted by molar-refractivity contribution is 5.85. The Kier molecular flexibility index (Phi) is 2.85. The summed E-state index contributed by atoms with van der Waals surface area (Å²) in [7, 11) is 0. The maximum atomic E-state index is 10.9. The number of hydrogen-bond donors (Lipinski definition) is 1. The van der Waals surface area contributed by atoms with Gasteiger partial charge in [-0.1, -0.05) is 26.3 Å². The minimum absolute atomic E-state index is 0.0440. The van der Waals surface area contributed by atoms with Gasteiger partial charge in [-0.2, -0.15) is 0 Å². The smallest absolute Gasteiger partial charge is 0.330 e. The van der Waals surface area contributed by atoms with Crippen LogP contribution in [0.2, 0.25) is 0 Å². The summed E-state index contributed by atoms with van der Waals surface area (Å²) in [6, 6.07) is 0. The van der Waals surface area contributed by atoms with Crippen LogP contribution in [0.25, 0.3) is 0 Å². The van der Waals surface area contributed by atoms with Gasteiger partial charge in [-0.3, -0.25) is 0 Å². The summed E-state index contributed by atoms with van der Waals surface area (Å²) in [6.07, 6.45) is 7.42. The second-order valence-corrected chi connectivity index (χ2v) is 6.24. The summed E-state index contributed by atoms with van der Waals surface area (Å²) in [5.41, 5.74) is 0.537. The molecule has 2 heteroatoms. The average Bonchev–Trinajstić information content (AvgIpc) is 2.77. The molecule has 1 N–H and O–H groups in total. The van der Waals surface area contributed by atoms with Crippen LogP contribution < -0.4 is 0 Å². The van der Waals surface area contributed by atoms with Gasteiger partial charge in [0, 0.05) is 5.57 Å². The van der Waals surface area contributed by atoms with Crippen LogP contribution in [0.5, 0.6) is 0 Å². The molecule has 0 aromatic heterocycles. The lowest BCUT2D eigenvalue weighted by Gasteiger charge is -2.35. The Labute approximate surface area is 97.7 Å². The molecule has 0 radical (unpaired) electrons. The fourth-order valence-electron chi connectivity index (χ4n) is 3.88. The number of aliphatic carboxylic acids is 1. The first-order valence-electron chi connectivity index (χ1n) is 6.33. The Balaban J connectivity index is 2.13. The van der Waals surface area contributed by atoms with E-state index in [0.29, 0.717) is 11.5 Å². The van der Waals surface area contributed by atoms with Crippen molar-refractivity contribution in [1.82, 2.24) is 0 Å². The summed E-state index contributed by atoms with van der Waals surface area (Å²) in [6.45, 7) is 6.10. The van der Waals surface area contributed by atoms with Crippen molar-refractivity contribution in [2.45, 2.75) is 46.5 Å². The Hall–Kier alpha value is -0.790. The lowest BCUT2D eigenvalue weighted by Crippen LogP contribution is -2.27. The van der Waals surface area contributed by atoms with Crippen molar-refractivity contribution in [1.29, 1.82) is 0 Å². The highest BCUT2D eigenvalue weighted by Crippen LogP contribution is 2.55. The molecule has 0 aliphatic heterocycles. The third kappa shape index (κ3) is 2.02. The molecule has 3 atom stereocenters. The highest BCUT2D eigenvalue weighted by Gasteiger charge is 2.45. The highest BCUT2D eigenvalue weighted by atomic mass is 16.4. The zero-order chi connectivity index (χ0) is 11.9. The van der Waals surface area contributed by atoms with Crippen molar-refractivity contribution in [3.8, 4) is 0 Å². The van der Waals surface area contributed by atoms with E-state index in [1.165, 1.54) is 25.7 Å². The molecule has 2 fully saturated rings. The fourth-order valence-corrected chi connectivity index (χ4v) is 3.88. The van der Waals surface area contributed by atoms with E-state index in [-0.39, 0.29) is 5.41 Å². The predicted octanol–water partition coefficient (Wildman–Crippen LogP) is 3.48. The van der Waals surface area contributed by atoms with E-state index >= 15 is 0 Å². The van der Waals surface area contributed by atoms with E-state index in [4.69, 9.17) is 5.11 Å². The molecular formula is C14H22O2. The van der Waals surface area contributed by atoms with Crippen LogP contribution in [-0.2, 0) is 4.79 Å². The molecule has 3 unspecified atom stereocenters. The van der Waals surface area contributed by atoms with Gasteiger partial charge in [-0.25, -0.2) is 4.79 Å². The van der Waals surface area contributed by atoms with Gasteiger partial charge in [0.25, 0.3) is 0 Å². The molecule has 0 amide bonds. The number of fused-ring (bicyclic) bond motifs is 2. The first-order chi connectivity index (χ1) is 7.40. The van der Waals surface area contributed by atoms with Crippen molar-refractivity contribution in [3.05, 3.63) is 11.6 Å². The van der Waals surface area contributed by atoms with E-state index < -0.39 is 5.97 Å². The van der Waals surface area contributed by atoms with Crippen LogP contribution in [0, 0.1) is 23.2 Å². The zero-order valence-corrected chi connectivity index (χ0v) is 10.5. The van der Waals surface area contributed by atoms with Crippen molar-refractivity contribution in [3.63, 3.8) is 0 Å². The molecule has 2 rings (SSSR count). The fraction of sp³-hybridized carbons (Fsp3) is 0.786. The van der Waals surface area contributed by atoms with Gasteiger partial charge in [0.15, 0.2) is 0 Å².